The van der Waals surface area contributed by atoms with Crippen molar-refractivity contribution < 1.29 is 0 Å². The maximum Gasteiger partial charge on any atom is 0.0956 e. The Labute approximate surface area is 84.8 Å². The van der Waals surface area contributed by atoms with Gasteiger partial charge in [0.05, 0.1) is 11.2 Å². The van der Waals surface area contributed by atoms with E-state index in [0.29, 0.717) is 0 Å². The Kier molecular flexibility index (Phi) is 3.63. The highest BCUT2D eigenvalue weighted by Gasteiger charge is 2.02. The summed E-state index contributed by atoms with van der Waals surface area (Å²) in [7, 11) is 1.93. The molecule has 2 heterocycles. The fourth-order valence-electron chi connectivity index (χ4n) is 1.40. The van der Waals surface area contributed by atoms with E-state index < -0.39 is 0 Å². The lowest BCUT2D eigenvalue weighted by atomic mass is 10.2. The first-order chi connectivity index (χ1) is 6.81. The second-order valence-electron chi connectivity index (χ2n) is 2.85. The number of pyridine rings is 1. The summed E-state index contributed by atoms with van der Waals surface area (Å²) in [5.41, 5.74) is 2.16. The van der Waals surface area contributed by atoms with Crippen LogP contribution in [0.25, 0.3) is 10.9 Å². The molecule has 0 unspecified atom stereocenters. The van der Waals surface area contributed by atoms with Gasteiger partial charge in [-0.3, -0.25) is 9.67 Å². The van der Waals surface area contributed by atoms with E-state index in [-0.39, 0.29) is 0 Å². The zero-order chi connectivity index (χ0) is 10.6. The minimum Gasteiger partial charge on any atom is -0.275 e. The van der Waals surface area contributed by atoms with Gasteiger partial charge >= 0.3 is 0 Å². The molecule has 0 atom stereocenters. The number of hydrogen-bond acceptors (Lipinski definition) is 2. The van der Waals surface area contributed by atoms with Crippen molar-refractivity contribution in [2.75, 3.05) is 0 Å². The Morgan fingerprint density at radius 3 is 2.71 bits per heavy atom. The molecule has 0 aliphatic carbocycles. The molecule has 0 aromatic carbocycles. The maximum atomic E-state index is 4.30. The summed E-state index contributed by atoms with van der Waals surface area (Å²) < 4.78 is 1.82. The summed E-state index contributed by atoms with van der Waals surface area (Å²) in [5, 5.41) is 5.47. The first-order valence-corrected chi connectivity index (χ1v) is 5.08. The lowest BCUT2D eigenvalue weighted by Gasteiger charge is -1.94. The highest BCUT2D eigenvalue weighted by Crippen LogP contribution is 2.14. The molecule has 0 radical (unpaired) electrons. The zero-order valence-corrected chi connectivity index (χ0v) is 9.28. The molecule has 2 aromatic rings. The van der Waals surface area contributed by atoms with Crippen LogP contribution in [0.5, 0.6) is 0 Å². The molecular weight excluding hydrogens is 174 g/mol. The van der Waals surface area contributed by atoms with E-state index in [1.165, 1.54) is 5.39 Å². The zero-order valence-electron chi connectivity index (χ0n) is 9.28. The number of hydrogen-bond donors (Lipinski definition) is 0. The van der Waals surface area contributed by atoms with Crippen molar-refractivity contribution in [3.8, 4) is 0 Å². The number of nitrogens with zero attached hydrogens (tertiary/aromatic N) is 3. The summed E-state index contributed by atoms with van der Waals surface area (Å²) in [6.45, 7) is 6.11. The molecule has 0 bridgehead atoms. The summed E-state index contributed by atoms with van der Waals surface area (Å²) in [6.07, 6.45) is 4.79. The van der Waals surface area contributed by atoms with Gasteiger partial charge in [0.2, 0.25) is 0 Å². The predicted octanol–water partition coefficient (Wildman–Crippen LogP) is 2.56. The van der Waals surface area contributed by atoms with Crippen LogP contribution < -0.4 is 0 Å². The Balaban J connectivity index is 0.000000461. The SMILES string of the molecule is CC.CCc1nccc2nn(C)cc12. The van der Waals surface area contributed by atoms with Gasteiger partial charge < -0.3 is 0 Å². The Hall–Kier alpha value is -1.38. The predicted molar refractivity (Wildman–Crippen MR) is 59.2 cm³/mol. The van der Waals surface area contributed by atoms with Crippen molar-refractivity contribution in [3.05, 3.63) is 24.2 Å². The minimum atomic E-state index is 0.961. The third-order valence-electron chi connectivity index (χ3n) is 1.97. The number of fused-ring (bicyclic) bond motifs is 1. The summed E-state index contributed by atoms with van der Waals surface area (Å²) in [6, 6.07) is 1.94. The lowest BCUT2D eigenvalue weighted by Crippen LogP contribution is -1.85. The molecule has 0 aliphatic rings. The van der Waals surface area contributed by atoms with Crippen LogP contribution in [0.1, 0.15) is 26.5 Å². The minimum absolute atomic E-state index is 0.961. The largest absolute Gasteiger partial charge is 0.275 e. The molecule has 0 N–H and O–H groups in total. The highest BCUT2D eigenvalue weighted by molar-refractivity contribution is 5.80. The normalized spacial score (nSPS) is 9.71. The van der Waals surface area contributed by atoms with Crippen LogP contribution >= 0.6 is 0 Å². The van der Waals surface area contributed by atoms with Crippen LogP contribution in [0.15, 0.2) is 18.5 Å². The van der Waals surface area contributed by atoms with Crippen LogP contribution in [0.2, 0.25) is 0 Å². The summed E-state index contributed by atoms with van der Waals surface area (Å²) in [4.78, 5) is 4.29. The third kappa shape index (κ3) is 1.92. The molecule has 0 aliphatic heterocycles. The van der Waals surface area contributed by atoms with Crippen LogP contribution in [-0.2, 0) is 13.5 Å². The molecule has 0 saturated heterocycles. The third-order valence-corrected chi connectivity index (χ3v) is 1.97. The van der Waals surface area contributed by atoms with Gasteiger partial charge in [0, 0.05) is 24.8 Å². The van der Waals surface area contributed by atoms with Crippen molar-refractivity contribution in [1.82, 2.24) is 14.8 Å². The number of aryl methyl sites for hydroxylation is 2. The van der Waals surface area contributed by atoms with Crippen LogP contribution in [0.3, 0.4) is 0 Å². The Morgan fingerprint density at radius 2 is 2.07 bits per heavy atom. The lowest BCUT2D eigenvalue weighted by molar-refractivity contribution is 0.779. The van der Waals surface area contributed by atoms with Crippen molar-refractivity contribution in [1.29, 1.82) is 0 Å². The topological polar surface area (TPSA) is 30.7 Å². The molecule has 2 aromatic heterocycles. The first kappa shape index (κ1) is 10.7. The van der Waals surface area contributed by atoms with Gasteiger partial charge in [-0.05, 0) is 12.5 Å². The summed E-state index contributed by atoms with van der Waals surface area (Å²) in [5.74, 6) is 0. The second kappa shape index (κ2) is 4.74. The first-order valence-electron chi connectivity index (χ1n) is 5.08. The van der Waals surface area contributed by atoms with Gasteiger partial charge in [-0.15, -0.1) is 0 Å². The van der Waals surface area contributed by atoms with Crippen molar-refractivity contribution >= 4 is 10.9 Å². The van der Waals surface area contributed by atoms with Crippen LogP contribution in [0.4, 0.5) is 0 Å². The van der Waals surface area contributed by atoms with Crippen molar-refractivity contribution in [3.63, 3.8) is 0 Å². The quantitative estimate of drug-likeness (QED) is 0.693. The monoisotopic (exact) mass is 191 g/mol. The standard InChI is InChI=1S/C9H11N3.C2H6/c1-3-8-7-6-12(2)11-9(7)4-5-10-8;1-2/h4-6H,3H2,1-2H3;1-2H3. The van der Waals surface area contributed by atoms with Gasteiger partial charge in [0.15, 0.2) is 0 Å². The molecule has 0 amide bonds. The van der Waals surface area contributed by atoms with Gasteiger partial charge in [-0.1, -0.05) is 20.8 Å². The number of aromatic nitrogens is 3. The molecular formula is C11H17N3. The number of rotatable bonds is 1. The fraction of sp³-hybridized carbons (Fsp3) is 0.455. The second-order valence-corrected chi connectivity index (χ2v) is 2.85. The molecule has 76 valence electrons. The average molecular weight is 191 g/mol. The summed E-state index contributed by atoms with van der Waals surface area (Å²) >= 11 is 0. The van der Waals surface area contributed by atoms with E-state index >= 15 is 0 Å². The van der Waals surface area contributed by atoms with E-state index in [0.717, 1.165) is 17.6 Å². The van der Waals surface area contributed by atoms with E-state index in [4.69, 9.17) is 0 Å². The van der Waals surface area contributed by atoms with E-state index in [2.05, 4.69) is 17.0 Å². The highest BCUT2D eigenvalue weighted by atomic mass is 15.2. The molecule has 3 heteroatoms. The van der Waals surface area contributed by atoms with Crippen molar-refractivity contribution in [2.45, 2.75) is 27.2 Å². The van der Waals surface area contributed by atoms with E-state index in [1.807, 2.05) is 44.0 Å². The average Bonchev–Trinajstić information content (AvgIpc) is 2.60. The van der Waals surface area contributed by atoms with E-state index in [9.17, 15) is 0 Å². The van der Waals surface area contributed by atoms with Gasteiger partial charge in [0.25, 0.3) is 0 Å². The van der Waals surface area contributed by atoms with Crippen LogP contribution in [-0.4, -0.2) is 14.8 Å². The smallest absolute Gasteiger partial charge is 0.0956 e. The Bertz CT molecular complexity index is 404. The molecule has 2 rings (SSSR count). The molecule has 0 spiro atoms. The fourth-order valence-corrected chi connectivity index (χ4v) is 1.40. The van der Waals surface area contributed by atoms with Crippen molar-refractivity contribution in [2.24, 2.45) is 7.05 Å². The van der Waals surface area contributed by atoms with Crippen LogP contribution in [0, 0.1) is 0 Å². The Morgan fingerprint density at radius 1 is 1.36 bits per heavy atom. The molecule has 3 nitrogen and oxygen atoms in total. The van der Waals surface area contributed by atoms with Gasteiger partial charge in [-0.2, -0.15) is 5.10 Å². The van der Waals surface area contributed by atoms with E-state index in [1.54, 1.807) is 0 Å². The molecule has 0 saturated carbocycles. The van der Waals surface area contributed by atoms with Gasteiger partial charge in [0.1, 0.15) is 0 Å². The maximum absolute atomic E-state index is 4.30. The molecule has 14 heavy (non-hydrogen) atoms. The van der Waals surface area contributed by atoms with Gasteiger partial charge in [-0.25, -0.2) is 0 Å². The molecule has 0 fully saturated rings.